The Morgan fingerprint density at radius 3 is 2.94 bits per heavy atom. The van der Waals surface area contributed by atoms with E-state index in [0.29, 0.717) is 23.8 Å². The summed E-state index contributed by atoms with van der Waals surface area (Å²) in [6.45, 7) is 1.40. The number of pyridine rings is 1. The highest BCUT2D eigenvalue weighted by molar-refractivity contribution is 6.33. The van der Waals surface area contributed by atoms with Crippen molar-refractivity contribution in [2.24, 2.45) is 0 Å². The van der Waals surface area contributed by atoms with Crippen molar-refractivity contribution in [2.45, 2.75) is 18.9 Å². The Morgan fingerprint density at radius 1 is 1.50 bits per heavy atom. The molecule has 0 aliphatic carbocycles. The lowest BCUT2D eigenvalue weighted by molar-refractivity contribution is 0.0696. The molecule has 0 bridgehead atoms. The van der Waals surface area contributed by atoms with Gasteiger partial charge in [0.15, 0.2) is 0 Å². The first-order valence-corrected chi connectivity index (χ1v) is 5.63. The molecule has 1 aliphatic rings. The topological polar surface area (TPSA) is 51.2 Å². The predicted octanol–water partition coefficient (Wildman–Crippen LogP) is 1.64. The molecule has 2 rings (SSSR count). The van der Waals surface area contributed by atoms with Gasteiger partial charge >= 0.3 is 0 Å². The molecule has 0 radical (unpaired) electrons. The molecule has 1 fully saturated rings. The Balaban J connectivity index is 2.00. The Hall–Kier alpha value is -1.13. The van der Waals surface area contributed by atoms with E-state index in [4.69, 9.17) is 16.3 Å². The summed E-state index contributed by atoms with van der Waals surface area (Å²) < 4.78 is 5.22. The number of carbonyl (C=O) groups excluding carboxylic acids is 1. The number of hydrogen-bond donors (Lipinski definition) is 1. The van der Waals surface area contributed by atoms with E-state index >= 15 is 0 Å². The molecule has 1 aromatic heterocycles. The molecular weight excluding hydrogens is 228 g/mol. The highest BCUT2D eigenvalue weighted by Gasteiger charge is 2.18. The SMILES string of the molecule is O=C(NC1CCOCC1)c1cnccc1Cl. The van der Waals surface area contributed by atoms with Crippen LogP contribution in [0.15, 0.2) is 18.5 Å². The molecule has 5 heteroatoms. The average Bonchev–Trinajstić information content (AvgIpc) is 2.31. The quantitative estimate of drug-likeness (QED) is 0.855. The number of amides is 1. The molecule has 1 saturated heterocycles. The minimum atomic E-state index is -0.162. The fraction of sp³-hybridized carbons (Fsp3) is 0.455. The molecule has 1 N–H and O–H groups in total. The summed E-state index contributed by atoms with van der Waals surface area (Å²) in [6, 6.07) is 1.79. The van der Waals surface area contributed by atoms with Crippen LogP contribution in [-0.2, 0) is 4.74 Å². The molecule has 1 amide bonds. The molecule has 16 heavy (non-hydrogen) atoms. The molecular formula is C11H13ClN2O2. The normalized spacial score (nSPS) is 17.1. The second kappa shape index (κ2) is 5.27. The van der Waals surface area contributed by atoms with Crippen molar-refractivity contribution in [1.82, 2.24) is 10.3 Å². The van der Waals surface area contributed by atoms with Crippen molar-refractivity contribution in [2.75, 3.05) is 13.2 Å². The highest BCUT2D eigenvalue weighted by atomic mass is 35.5. The van der Waals surface area contributed by atoms with Crippen LogP contribution in [0.4, 0.5) is 0 Å². The largest absolute Gasteiger partial charge is 0.381 e. The molecule has 0 spiro atoms. The van der Waals surface area contributed by atoms with Gasteiger partial charge in [-0.1, -0.05) is 11.6 Å². The summed E-state index contributed by atoms with van der Waals surface area (Å²) in [7, 11) is 0. The number of aromatic nitrogens is 1. The van der Waals surface area contributed by atoms with Gasteiger partial charge in [0.25, 0.3) is 5.91 Å². The van der Waals surface area contributed by atoms with Crippen molar-refractivity contribution in [3.05, 3.63) is 29.0 Å². The third-order valence-electron chi connectivity index (χ3n) is 2.57. The van der Waals surface area contributed by atoms with Crippen molar-refractivity contribution >= 4 is 17.5 Å². The van der Waals surface area contributed by atoms with Crippen LogP contribution in [0.5, 0.6) is 0 Å². The zero-order valence-electron chi connectivity index (χ0n) is 8.78. The molecule has 0 unspecified atom stereocenters. The summed E-state index contributed by atoms with van der Waals surface area (Å²) in [6.07, 6.45) is 4.75. The summed E-state index contributed by atoms with van der Waals surface area (Å²) in [5.41, 5.74) is 0.427. The average molecular weight is 241 g/mol. The molecule has 1 aliphatic heterocycles. The molecule has 2 heterocycles. The molecule has 0 saturated carbocycles. The van der Waals surface area contributed by atoms with E-state index in [1.165, 1.54) is 6.20 Å². The summed E-state index contributed by atoms with van der Waals surface area (Å²) in [4.78, 5) is 15.7. The van der Waals surface area contributed by atoms with Crippen LogP contribution in [-0.4, -0.2) is 30.1 Å². The van der Waals surface area contributed by atoms with Crippen LogP contribution in [0.25, 0.3) is 0 Å². The molecule has 0 atom stereocenters. The number of ether oxygens (including phenoxy) is 1. The van der Waals surface area contributed by atoms with Crippen LogP contribution in [0.1, 0.15) is 23.2 Å². The van der Waals surface area contributed by atoms with Crippen molar-refractivity contribution in [3.63, 3.8) is 0 Å². The number of hydrogen-bond acceptors (Lipinski definition) is 3. The van der Waals surface area contributed by atoms with E-state index in [2.05, 4.69) is 10.3 Å². The smallest absolute Gasteiger partial charge is 0.254 e. The van der Waals surface area contributed by atoms with Gasteiger partial charge in [0, 0.05) is 31.6 Å². The molecule has 0 aromatic carbocycles. The van der Waals surface area contributed by atoms with E-state index in [9.17, 15) is 4.79 Å². The van der Waals surface area contributed by atoms with Gasteiger partial charge in [0.05, 0.1) is 10.6 Å². The van der Waals surface area contributed by atoms with Gasteiger partial charge in [0.2, 0.25) is 0 Å². The van der Waals surface area contributed by atoms with Crippen molar-refractivity contribution in [1.29, 1.82) is 0 Å². The Kier molecular flexibility index (Phi) is 3.74. The first-order valence-electron chi connectivity index (χ1n) is 5.25. The zero-order chi connectivity index (χ0) is 11.4. The van der Waals surface area contributed by atoms with Crippen LogP contribution in [0.3, 0.4) is 0 Å². The fourth-order valence-corrected chi connectivity index (χ4v) is 1.84. The van der Waals surface area contributed by atoms with Crippen LogP contribution < -0.4 is 5.32 Å². The Bertz CT molecular complexity index is 378. The minimum absolute atomic E-state index is 0.162. The molecule has 1 aromatic rings. The Morgan fingerprint density at radius 2 is 2.25 bits per heavy atom. The standard InChI is InChI=1S/C11H13ClN2O2/c12-10-1-4-13-7-9(10)11(15)14-8-2-5-16-6-3-8/h1,4,7-8H,2-3,5-6H2,(H,14,15). The van der Waals surface area contributed by atoms with Gasteiger partial charge < -0.3 is 10.1 Å². The minimum Gasteiger partial charge on any atom is -0.381 e. The highest BCUT2D eigenvalue weighted by Crippen LogP contribution is 2.14. The third-order valence-corrected chi connectivity index (χ3v) is 2.90. The molecule has 86 valence electrons. The van der Waals surface area contributed by atoms with Gasteiger partial charge in [-0.25, -0.2) is 0 Å². The van der Waals surface area contributed by atoms with Crippen molar-refractivity contribution < 1.29 is 9.53 Å². The summed E-state index contributed by atoms with van der Waals surface area (Å²) in [5.74, 6) is -0.162. The van der Waals surface area contributed by atoms with Gasteiger partial charge in [-0.05, 0) is 18.9 Å². The summed E-state index contributed by atoms with van der Waals surface area (Å²) in [5, 5.41) is 3.36. The maximum absolute atomic E-state index is 11.9. The zero-order valence-corrected chi connectivity index (χ0v) is 9.54. The van der Waals surface area contributed by atoms with E-state index in [0.717, 1.165) is 12.8 Å². The predicted molar refractivity (Wildman–Crippen MR) is 60.6 cm³/mol. The van der Waals surface area contributed by atoms with E-state index in [1.807, 2.05) is 0 Å². The van der Waals surface area contributed by atoms with Crippen LogP contribution >= 0.6 is 11.6 Å². The lowest BCUT2D eigenvalue weighted by Crippen LogP contribution is -2.39. The lowest BCUT2D eigenvalue weighted by atomic mass is 10.1. The van der Waals surface area contributed by atoms with E-state index < -0.39 is 0 Å². The van der Waals surface area contributed by atoms with Gasteiger partial charge in [-0.3, -0.25) is 9.78 Å². The maximum atomic E-state index is 11.9. The van der Waals surface area contributed by atoms with Gasteiger partial charge in [-0.2, -0.15) is 0 Å². The van der Waals surface area contributed by atoms with Crippen LogP contribution in [0, 0.1) is 0 Å². The second-order valence-electron chi connectivity index (χ2n) is 3.72. The van der Waals surface area contributed by atoms with Gasteiger partial charge in [-0.15, -0.1) is 0 Å². The fourth-order valence-electron chi connectivity index (χ4n) is 1.65. The second-order valence-corrected chi connectivity index (χ2v) is 4.12. The van der Waals surface area contributed by atoms with E-state index in [1.54, 1.807) is 12.3 Å². The number of carbonyl (C=O) groups is 1. The molecule has 4 nitrogen and oxygen atoms in total. The van der Waals surface area contributed by atoms with Gasteiger partial charge in [0.1, 0.15) is 0 Å². The number of nitrogens with zero attached hydrogens (tertiary/aromatic N) is 1. The number of rotatable bonds is 2. The van der Waals surface area contributed by atoms with E-state index in [-0.39, 0.29) is 11.9 Å². The summed E-state index contributed by atoms with van der Waals surface area (Å²) >= 11 is 5.91. The third kappa shape index (κ3) is 2.71. The van der Waals surface area contributed by atoms with Crippen molar-refractivity contribution in [3.8, 4) is 0 Å². The first kappa shape index (κ1) is 11.4. The first-order chi connectivity index (χ1) is 7.77. The maximum Gasteiger partial charge on any atom is 0.254 e. The van der Waals surface area contributed by atoms with Crippen LogP contribution in [0.2, 0.25) is 5.02 Å². The lowest BCUT2D eigenvalue weighted by Gasteiger charge is -2.23. The number of nitrogens with one attached hydrogen (secondary N) is 1. The Labute approximate surface area is 99.0 Å². The number of halogens is 1. The monoisotopic (exact) mass is 240 g/mol.